The van der Waals surface area contributed by atoms with E-state index in [1.54, 1.807) is 6.20 Å². The number of ether oxygens (including phenoxy) is 1. The highest BCUT2D eigenvalue weighted by Gasteiger charge is 2.50. The third kappa shape index (κ3) is 3.97. The molecule has 1 aliphatic carbocycles. The van der Waals surface area contributed by atoms with Crippen LogP contribution >= 0.6 is 0 Å². The fourth-order valence-corrected chi connectivity index (χ4v) is 5.28. The van der Waals surface area contributed by atoms with Gasteiger partial charge in [0.25, 0.3) is 0 Å². The lowest BCUT2D eigenvalue weighted by atomic mass is 9.78. The smallest absolute Gasteiger partial charge is 0.411 e. The maximum atomic E-state index is 13.5. The van der Waals surface area contributed by atoms with Crippen molar-refractivity contribution in [1.82, 2.24) is 9.88 Å². The molecule has 0 bridgehead atoms. The molecule has 2 saturated heterocycles. The van der Waals surface area contributed by atoms with E-state index in [1.165, 1.54) is 7.11 Å². The first kappa shape index (κ1) is 20.9. The number of aryl methyl sites for hydroxylation is 1. The summed E-state index contributed by atoms with van der Waals surface area (Å²) in [5.41, 5.74) is 1.21. The SMILES string of the molecule is COC(=O)Nc1cnc(N2CCC[C@@]3(CCN(C4CCC(O)CC4)C3=O)C2)cc1C. The van der Waals surface area contributed by atoms with E-state index < -0.39 is 6.09 Å². The number of nitrogens with one attached hydrogen (secondary N) is 1. The zero-order chi connectivity index (χ0) is 21.3. The average Bonchev–Trinajstić information content (AvgIpc) is 3.05. The monoisotopic (exact) mass is 416 g/mol. The number of nitrogens with zero attached hydrogens (tertiary/aromatic N) is 3. The maximum absolute atomic E-state index is 13.5. The Morgan fingerprint density at radius 1 is 1.27 bits per heavy atom. The molecule has 8 nitrogen and oxygen atoms in total. The van der Waals surface area contributed by atoms with Crippen LogP contribution in [0.1, 0.15) is 50.5 Å². The van der Waals surface area contributed by atoms with E-state index >= 15 is 0 Å². The zero-order valence-corrected chi connectivity index (χ0v) is 17.9. The molecule has 1 atom stereocenters. The summed E-state index contributed by atoms with van der Waals surface area (Å²) in [4.78, 5) is 33.8. The summed E-state index contributed by atoms with van der Waals surface area (Å²) in [5, 5.41) is 12.5. The molecule has 1 saturated carbocycles. The molecule has 1 spiro atoms. The number of methoxy groups -OCH3 is 1. The van der Waals surface area contributed by atoms with Gasteiger partial charge in [-0.3, -0.25) is 10.1 Å². The highest BCUT2D eigenvalue weighted by atomic mass is 16.5. The summed E-state index contributed by atoms with van der Waals surface area (Å²) in [6.07, 6.45) is 7.11. The fourth-order valence-electron chi connectivity index (χ4n) is 5.28. The van der Waals surface area contributed by atoms with E-state index in [0.29, 0.717) is 12.2 Å². The molecule has 0 unspecified atom stereocenters. The molecule has 3 heterocycles. The van der Waals surface area contributed by atoms with Gasteiger partial charge in [0.15, 0.2) is 0 Å². The number of anilines is 2. The summed E-state index contributed by atoms with van der Waals surface area (Å²) in [6.45, 7) is 4.31. The largest absolute Gasteiger partial charge is 0.453 e. The van der Waals surface area contributed by atoms with Gasteiger partial charge in [-0.25, -0.2) is 9.78 Å². The predicted molar refractivity (Wildman–Crippen MR) is 113 cm³/mol. The van der Waals surface area contributed by atoms with E-state index in [-0.39, 0.29) is 23.5 Å². The average molecular weight is 417 g/mol. The third-order valence-electron chi connectivity index (χ3n) is 7.07. The molecule has 8 heteroatoms. The van der Waals surface area contributed by atoms with Gasteiger partial charge < -0.3 is 19.6 Å². The number of carbonyl (C=O) groups is 2. The summed E-state index contributed by atoms with van der Waals surface area (Å²) < 4.78 is 4.65. The number of likely N-dealkylation sites (tertiary alicyclic amines) is 1. The number of amides is 2. The van der Waals surface area contributed by atoms with Crippen LogP contribution in [0.4, 0.5) is 16.3 Å². The number of rotatable bonds is 3. The summed E-state index contributed by atoms with van der Waals surface area (Å²) >= 11 is 0. The van der Waals surface area contributed by atoms with Crippen LogP contribution in [0.2, 0.25) is 0 Å². The van der Waals surface area contributed by atoms with Crippen LogP contribution in [0.5, 0.6) is 0 Å². The van der Waals surface area contributed by atoms with E-state index in [1.807, 2.05) is 13.0 Å². The van der Waals surface area contributed by atoms with E-state index in [9.17, 15) is 14.7 Å². The molecule has 2 amide bonds. The Morgan fingerprint density at radius 3 is 2.73 bits per heavy atom. The molecule has 3 aliphatic rings. The van der Waals surface area contributed by atoms with Crippen molar-refractivity contribution in [3.8, 4) is 0 Å². The molecule has 1 aromatic heterocycles. The van der Waals surface area contributed by atoms with Gasteiger partial charge in [-0.1, -0.05) is 0 Å². The third-order valence-corrected chi connectivity index (χ3v) is 7.07. The van der Waals surface area contributed by atoms with Crippen LogP contribution in [0.25, 0.3) is 0 Å². The lowest BCUT2D eigenvalue weighted by Crippen LogP contribution is -2.50. The number of carbonyl (C=O) groups excluding carboxylic acids is 2. The summed E-state index contributed by atoms with van der Waals surface area (Å²) in [6, 6.07) is 2.24. The highest BCUT2D eigenvalue weighted by molar-refractivity contribution is 5.87. The van der Waals surface area contributed by atoms with Crippen LogP contribution in [0.15, 0.2) is 12.3 Å². The second-order valence-corrected chi connectivity index (χ2v) is 8.99. The standard InChI is InChI=1S/C22H32N4O4/c1-15-12-19(23-13-18(15)24-21(29)30-2)25-10-3-8-22(14-25)9-11-26(20(22)28)16-4-6-17(27)7-5-16/h12-13,16-17,27H,3-11,14H2,1-2H3,(H,24,29)/t16?,17?,22-/m1/s1. The van der Waals surface area contributed by atoms with Crippen molar-refractivity contribution in [1.29, 1.82) is 0 Å². The molecular weight excluding hydrogens is 384 g/mol. The van der Waals surface area contributed by atoms with Crippen LogP contribution in [-0.2, 0) is 9.53 Å². The summed E-state index contributed by atoms with van der Waals surface area (Å²) in [7, 11) is 1.33. The minimum absolute atomic E-state index is 0.205. The summed E-state index contributed by atoms with van der Waals surface area (Å²) in [5.74, 6) is 1.13. The normalized spacial score (nSPS) is 29.4. The number of hydrogen-bond acceptors (Lipinski definition) is 6. The molecule has 0 radical (unpaired) electrons. The Bertz CT molecular complexity index is 808. The predicted octanol–water partition coefficient (Wildman–Crippen LogP) is 2.69. The molecule has 30 heavy (non-hydrogen) atoms. The number of hydrogen-bond donors (Lipinski definition) is 2. The van der Waals surface area contributed by atoms with Crippen molar-refractivity contribution >= 4 is 23.5 Å². The Morgan fingerprint density at radius 2 is 2.03 bits per heavy atom. The van der Waals surface area contributed by atoms with Gasteiger partial charge in [-0.05, 0) is 63.5 Å². The van der Waals surface area contributed by atoms with Gasteiger partial charge in [-0.15, -0.1) is 0 Å². The van der Waals surface area contributed by atoms with Crippen LogP contribution in [0.3, 0.4) is 0 Å². The van der Waals surface area contributed by atoms with Crippen molar-refractivity contribution in [2.75, 3.05) is 37.0 Å². The number of aliphatic hydroxyl groups excluding tert-OH is 1. The molecule has 164 valence electrons. The minimum atomic E-state index is -0.517. The lowest BCUT2D eigenvalue weighted by Gasteiger charge is -2.41. The van der Waals surface area contributed by atoms with Gasteiger partial charge >= 0.3 is 6.09 Å². The fraction of sp³-hybridized carbons (Fsp3) is 0.682. The first-order chi connectivity index (χ1) is 14.4. The van der Waals surface area contributed by atoms with Crippen molar-refractivity contribution in [3.05, 3.63) is 17.8 Å². The van der Waals surface area contributed by atoms with E-state index in [4.69, 9.17) is 0 Å². The maximum Gasteiger partial charge on any atom is 0.411 e. The molecule has 1 aromatic rings. The molecule has 3 fully saturated rings. The minimum Gasteiger partial charge on any atom is -0.453 e. The van der Waals surface area contributed by atoms with Crippen molar-refractivity contribution in [2.24, 2.45) is 5.41 Å². The first-order valence-electron chi connectivity index (χ1n) is 11.0. The molecule has 4 rings (SSSR count). The molecule has 0 aromatic carbocycles. The van der Waals surface area contributed by atoms with Crippen LogP contribution in [0, 0.1) is 12.3 Å². The Balaban J connectivity index is 1.46. The second kappa shape index (κ2) is 8.41. The number of piperidine rings is 1. The topological polar surface area (TPSA) is 95.0 Å². The molecule has 2 aliphatic heterocycles. The number of pyridine rings is 1. The Hall–Kier alpha value is -2.35. The van der Waals surface area contributed by atoms with Gasteiger partial charge in [0, 0.05) is 25.7 Å². The van der Waals surface area contributed by atoms with Crippen LogP contribution < -0.4 is 10.2 Å². The van der Waals surface area contributed by atoms with Crippen molar-refractivity contribution < 1.29 is 19.4 Å². The van der Waals surface area contributed by atoms with Gasteiger partial charge in [0.2, 0.25) is 5.91 Å². The number of aliphatic hydroxyl groups is 1. The van der Waals surface area contributed by atoms with Crippen LogP contribution in [-0.4, -0.2) is 65.9 Å². The molecular formula is C22H32N4O4. The quantitative estimate of drug-likeness (QED) is 0.787. The van der Waals surface area contributed by atoms with Gasteiger partial charge in [0.1, 0.15) is 5.82 Å². The lowest BCUT2D eigenvalue weighted by molar-refractivity contribution is -0.139. The van der Waals surface area contributed by atoms with Crippen molar-refractivity contribution in [2.45, 2.75) is 64.0 Å². The Kier molecular flexibility index (Phi) is 5.86. The zero-order valence-electron chi connectivity index (χ0n) is 17.9. The molecule has 2 N–H and O–H groups in total. The highest BCUT2D eigenvalue weighted by Crippen LogP contribution is 2.43. The van der Waals surface area contributed by atoms with Gasteiger partial charge in [-0.2, -0.15) is 0 Å². The van der Waals surface area contributed by atoms with E-state index in [2.05, 4.69) is 24.8 Å². The Labute approximate surface area is 177 Å². The number of aromatic nitrogens is 1. The first-order valence-corrected chi connectivity index (χ1v) is 11.0. The van der Waals surface area contributed by atoms with Crippen molar-refractivity contribution in [3.63, 3.8) is 0 Å². The van der Waals surface area contributed by atoms with Gasteiger partial charge in [0.05, 0.1) is 30.5 Å². The second-order valence-electron chi connectivity index (χ2n) is 8.99. The van der Waals surface area contributed by atoms with E-state index in [0.717, 1.165) is 69.4 Å².